The van der Waals surface area contributed by atoms with Gasteiger partial charge < -0.3 is 9.67 Å². The Kier molecular flexibility index (Phi) is 5.17. The molecule has 0 saturated carbocycles. The maximum absolute atomic E-state index is 11.1. The van der Waals surface area contributed by atoms with Crippen LogP contribution in [0.5, 0.6) is 0 Å². The number of carbonyl (C=O) groups is 1. The van der Waals surface area contributed by atoms with Crippen LogP contribution in [0.1, 0.15) is 15.9 Å². The van der Waals surface area contributed by atoms with Gasteiger partial charge in [0.2, 0.25) is 0 Å². The minimum Gasteiger partial charge on any atom is -0.478 e. The summed E-state index contributed by atoms with van der Waals surface area (Å²) in [5.74, 6) is -0.937. The fourth-order valence-electron chi connectivity index (χ4n) is 2.97. The molecule has 0 spiro atoms. The van der Waals surface area contributed by atoms with Crippen molar-refractivity contribution < 1.29 is 9.90 Å². The summed E-state index contributed by atoms with van der Waals surface area (Å²) >= 11 is 1.58. The van der Waals surface area contributed by atoms with Crippen LogP contribution in [0.25, 0.3) is 11.3 Å². The molecule has 1 aromatic heterocycles. The van der Waals surface area contributed by atoms with Gasteiger partial charge >= 0.3 is 5.97 Å². The van der Waals surface area contributed by atoms with E-state index in [9.17, 15) is 4.79 Å². The predicted molar refractivity (Wildman–Crippen MR) is 112 cm³/mol. The van der Waals surface area contributed by atoms with Gasteiger partial charge in [0, 0.05) is 5.38 Å². The van der Waals surface area contributed by atoms with E-state index in [4.69, 9.17) is 10.1 Å². The first-order chi connectivity index (χ1) is 13.7. The van der Waals surface area contributed by atoms with Crippen molar-refractivity contribution in [3.8, 4) is 11.3 Å². The van der Waals surface area contributed by atoms with E-state index < -0.39 is 5.97 Å². The van der Waals surface area contributed by atoms with E-state index in [0.717, 1.165) is 21.7 Å². The summed E-state index contributed by atoms with van der Waals surface area (Å²) < 4.78 is 2.19. The average Bonchev–Trinajstić information content (AvgIpc) is 3.12. The molecule has 138 valence electrons. The fourth-order valence-corrected chi connectivity index (χ4v) is 3.89. The number of carboxylic acids is 1. The largest absolute Gasteiger partial charge is 0.478 e. The minimum absolute atomic E-state index is 0.257. The lowest BCUT2D eigenvalue weighted by Crippen LogP contribution is -2.16. The van der Waals surface area contributed by atoms with Gasteiger partial charge in [-0.25, -0.2) is 9.79 Å². The Morgan fingerprint density at radius 2 is 1.54 bits per heavy atom. The zero-order valence-electron chi connectivity index (χ0n) is 15.0. The first-order valence-corrected chi connectivity index (χ1v) is 9.74. The van der Waals surface area contributed by atoms with Gasteiger partial charge in [0.25, 0.3) is 0 Å². The minimum atomic E-state index is -0.937. The molecule has 0 amide bonds. The number of hydrogen-bond acceptors (Lipinski definition) is 3. The molecule has 4 rings (SSSR count). The van der Waals surface area contributed by atoms with E-state index in [2.05, 4.69) is 34.2 Å². The summed E-state index contributed by atoms with van der Waals surface area (Å²) in [5, 5.41) is 11.2. The van der Waals surface area contributed by atoms with Gasteiger partial charge in [-0.3, -0.25) is 0 Å². The van der Waals surface area contributed by atoms with Crippen LogP contribution in [0.3, 0.4) is 0 Å². The summed E-state index contributed by atoms with van der Waals surface area (Å²) in [6.45, 7) is 0.709. The van der Waals surface area contributed by atoms with Crippen LogP contribution in [0.2, 0.25) is 0 Å². The van der Waals surface area contributed by atoms with Crippen LogP contribution in [0, 0.1) is 0 Å². The van der Waals surface area contributed by atoms with Crippen molar-refractivity contribution in [3.63, 3.8) is 0 Å². The molecule has 0 radical (unpaired) electrons. The van der Waals surface area contributed by atoms with Crippen molar-refractivity contribution in [3.05, 3.63) is 106 Å². The third-order valence-electron chi connectivity index (χ3n) is 4.39. The third kappa shape index (κ3) is 3.94. The normalized spacial score (nSPS) is 11.5. The molecule has 0 aliphatic heterocycles. The van der Waals surface area contributed by atoms with Crippen molar-refractivity contribution in [2.24, 2.45) is 4.99 Å². The highest BCUT2D eigenvalue weighted by molar-refractivity contribution is 7.07. The van der Waals surface area contributed by atoms with Crippen LogP contribution < -0.4 is 4.80 Å². The van der Waals surface area contributed by atoms with Gasteiger partial charge in [0.1, 0.15) is 0 Å². The van der Waals surface area contributed by atoms with Crippen molar-refractivity contribution in [2.75, 3.05) is 0 Å². The zero-order valence-corrected chi connectivity index (χ0v) is 15.8. The number of benzene rings is 3. The highest BCUT2D eigenvalue weighted by Gasteiger charge is 2.09. The lowest BCUT2D eigenvalue weighted by Gasteiger charge is -2.09. The van der Waals surface area contributed by atoms with Gasteiger partial charge in [-0.2, -0.15) is 0 Å². The Labute approximate surface area is 166 Å². The Morgan fingerprint density at radius 1 is 0.893 bits per heavy atom. The van der Waals surface area contributed by atoms with E-state index in [1.54, 1.807) is 35.6 Å². The summed E-state index contributed by atoms with van der Waals surface area (Å²) in [4.78, 5) is 16.7. The molecule has 0 unspecified atom stereocenters. The van der Waals surface area contributed by atoms with Crippen molar-refractivity contribution >= 4 is 23.0 Å². The molecule has 0 fully saturated rings. The fraction of sp³-hybridized carbons (Fsp3) is 0.0435. The Balaban J connectivity index is 1.80. The second kappa shape index (κ2) is 8.06. The van der Waals surface area contributed by atoms with Gasteiger partial charge in [-0.05, 0) is 35.4 Å². The van der Waals surface area contributed by atoms with E-state index >= 15 is 0 Å². The topological polar surface area (TPSA) is 54.6 Å². The quantitative estimate of drug-likeness (QED) is 0.513. The van der Waals surface area contributed by atoms with Crippen LogP contribution in [-0.4, -0.2) is 15.6 Å². The van der Waals surface area contributed by atoms with Gasteiger partial charge in [-0.1, -0.05) is 60.7 Å². The molecule has 0 atom stereocenters. The third-order valence-corrected chi connectivity index (χ3v) is 5.25. The highest BCUT2D eigenvalue weighted by Crippen LogP contribution is 2.22. The number of thiazole rings is 1. The zero-order chi connectivity index (χ0) is 19.3. The first kappa shape index (κ1) is 17.9. The summed E-state index contributed by atoms with van der Waals surface area (Å²) in [7, 11) is 0. The molecular weight excluding hydrogens is 368 g/mol. The second-order valence-electron chi connectivity index (χ2n) is 6.31. The monoisotopic (exact) mass is 386 g/mol. The standard InChI is InChI=1S/C23H18N2O2S/c26-22(27)19-11-13-20(14-12-19)24-23-25(15-17-7-3-1-4-8-17)21(16-28-23)18-9-5-2-6-10-18/h1-14,16H,15H2,(H,26,27). The van der Waals surface area contributed by atoms with Gasteiger partial charge in [0.05, 0.1) is 23.5 Å². The smallest absolute Gasteiger partial charge is 0.335 e. The van der Waals surface area contributed by atoms with Crippen LogP contribution in [0.4, 0.5) is 5.69 Å². The number of hydrogen-bond donors (Lipinski definition) is 1. The maximum atomic E-state index is 11.1. The number of aromatic nitrogens is 1. The van der Waals surface area contributed by atoms with Crippen LogP contribution in [-0.2, 0) is 6.54 Å². The Morgan fingerprint density at radius 3 is 2.18 bits per heavy atom. The lowest BCUT2D eigenvalue weighted by atomic mass is 10.1. The number of rotatable bonds is 5. The molecule has 0 saturated heterocycles. The average molecular weight is 386 g/mol. The molecule has 0 bridgehead atoms. The highest BCUT2D eigenvalue weighted by atomic mass is 32.1. The summed E-state index contributed by atoms with van der Waals surface area (Å²) in [6.07, 6.45) is 0. The summed E-state index contributed by atoms with van der Waals surface area (Å²) in [5.41, 5.74) is 4.43. The Bertz CT molecular complexity index is 1140. The van der Waals surface area contributed by atoms with E-state index in [1.807, 2.05) is 36.4 Å². The van der Waals surface area contributed by atoms with E-state index in [0.29, 0.717) is 6.54 Å². The van der Waals surface area contributed by atoms with Crippen molar-refractivity contribution in [2.45, 2.75) is 6.54 Å². The van der Waals surface area contributed by atoms with E-state index in [1.165, 1.54) is 5.56 Å². The summed E-state index contributed by atoms with van der Waals surface area (Å²) in [6, 6.07) is 27.2. The molecule has 3 aromatic carbocycles. The predicted octanol–water partition coefficient (Wildman–Crippen LogP) is 5.20. The molecular formula is C23H18N2O2S. The number of aromatic carboxylic acids is 1. The second-order valence-corrected chi connectivity index (χ2v) is 7.14. The molecule has 1 heterocycles. The lowest BCUT2D eigenvalue weighted by molar-refractivity contribution is 0.0697. The SMILES string of the molecule is O=C(O)c1ccc(N=c2scc(-c3ccccc3)n2Cc2ccccc2)cc1. The molecule has 4 aromatic rings. The molecule has 28 heavy (non-hydrogen) atoms. The first-order valence-electron chi connectivity index (χ1n) is 8.86. The van der Waals surface area contributed by atoms with Crippen LogP contribution in [0.15, 0.2) is 95.3 Å². The number of nitrogens with zero attached hydrogens (tertiary/aromatic N) is 2. The molecule has 0 aliphatic rings. The van der Waals surface area contributed by atoms with Crippen molar-refractivity contribution in [1.82, 2.24) is 4.57 Å². The van der Waals surface area contributed by atoms with Crippen molar-refractivity contribution in [1.29, 1.82) is 0 Å². The van der Waals surface area contributed by atoms with E-state index in [-0.39, 0.29) is 5.56 Å². The molecule has 5 heteroatoms. The number of carboxylic acid groups (broad SMARTS) is 1. The Hall–Kier alpha value is -3.44. The molecule has 4 nitrogen and oxygen atoms in total. The van der Waals surface area contributed by atoms with Crippen LogP contribution >= 0.6 is 11.3 Å². The van der Waals surface area contributed by atoms with Gasteiger partial charge in [0.15, 0.2) is 4.80 Å². The molecule has 0 aliphatic carbocycles. The van der Waals surface area contributed by atoms with Gasteiger partial charge in [-0.15, -0.1) is 11.3 Å². The maximum Gasteiger partial charge on any atom is 0.335 e. The molecule has 1 N–H and O–H groups in total.